The first-order chi connectivity index (χ1) is 6.72. The summed E-state index contributed by atoms with van der Waals surface area (Å²) >= 11 is 1.71. The second kappa shape index (κ2) is 9.30. The van der Waals surface area contributed by atoms with Gasteiger partial charge in [0.1, 0.15) is 0 Å². The van der Waals surface area contributed by atoms with E-state index in [4.69, 9.17) is 5.73 Å². The summed E-state index contributed by atoms with van der Waals surface area (Å²) < 4.78 is 0. The lowest BCUT2D eigenvalue weighted by atomic mass is 10.2. The molecule has 0 aliphatic carbocycles. The van der Waals surface area contributed by atoms with E-state index in [1.807, 2.05) is 13.2 Å². The minimum atomic E-state index is -0.357. The quantitative estimate of drug-likeness (QED) is 0.494. The van der Waals surface area contributed by atoms with E-state index in [1.54, 1.807) is 11.8 Å². The molecular weight excluding hydrogens is 198 g/mol. The van der Waals surface area contributed by atoms with Gasteiger partial charge in [0.05, 0.1) is 6.04 Å². The number of likely N-dealkylation sites (N-methyl/N-ethyl adjacent to an activating group) is 1. The molecule has 0 rings (SSSR count). The molecule has 0 fully saturated rings. The Hall–Kier alpha value is -0.260. The Bertz CT molecular complexity index is 155. The van der Waals surface area contributed by atoms with Gasteiger partial charge in [-0.25, -0.2) is 0 Å². The van der Waals surface area contributed by atoms with Gasteiger partial charge in [0.15, 0.2) is 0 Å². The van der Waals surface area contributed by atoms with Crippen LogP contribution in [0.1, 0.15) is 13.3 Å². The van der Waals surface area contributed by atoms with Crippen LogP contribution in [0.2, 0.25) is 0 Å². The summed E-state index contributed by atoms with van der Waals surface area (Å²) in [6.07, 6.45) is 2.75. The molecule has 4 N–H and O–H groups in total. The van der Waals surface area contributed by atoms with Gasteiger partial charge in [-0.05, 0) is 25.0 Å². The molecule has 0 aliphatic rings. The molecule has 0 aliphatic heterocycles. The van der Waals surface area contributed by atoms with Crippen molar-refractivity contribution in [3.63, 3.8) is 0 Å². The molecule has 0 spiro atoms. The van der Waals surface area contributed by atoms with Gasteiger partial charge in [0.2, 0.25) is 5.91 Å². The number of nitrogens with one attached hydrogen (secondary N) is 2. The molecule has 1 atom stereocenters. The summed E-state index contributed by atoms with van der Waals surface area (Å²) in [5.74, 6) is 0.888. The molecule has 0 aromatic heterocycles. The van der Waals surface area contributed by atoms with Crippen LogP contribution in [0.5, 0.6) is 0 Å². The third kappa shape index (κ3) is 7.17. The average Bonchev–Trinajstić information content (AvgIpc) is 2.20. The first-order valence-electron chi connectivity index (χ1n) is 4.95. The van der Waals surface area contributed by atoms with Gasteiger partial charge in [-0.15, -0.1) is 0 Å². The molecule has 0 saturated heterocycles. The van der Waals surface area contributed by atoms with Gasteiger partial charge in [-0.1, -0.05) is 6.92 Å². The fourth-order valence-electron chi connectivity index (χ4n) is 0.958. The van der Waals surface area contributed by atoms with Gasteiger partial charge < -0.3 is 16.4 Å². The highest BCUT2D eigenvalue weighted by Gasteiger charge is 2.11. The van der Waals surface area contributed by atoms with Crippen molar-refractivity contribution < 1.29 is 4.79 Å². The van der Waals surface area contributed by atoms with Gasteiger partial charge >= 0.3 is 0 Å². The highest BCUT2D eigenvalue weighted by Crippen LogP contribution is 1.98. The Morgan fingerprint density at radius 1 is 1.50 bits per heavy atom. The van der Waals surface area contributed by atoms with E-state index < -0.39 is 0 Å². The van der Waals surface area contributed by atoms with E-state index in [2.05, 4.69) is 10.6 Å². The molecule has 1 amide bonds. The van der Waals surface area contributed by atoms with Gasteiger partial charge in [-0.3, -0.25) is 4.79 Å². The van der Waals surface area contributed by atoms with E-state index in [9.17, 15) is 4.79 Å². The van der Waals surface area contributed by atoms with Crippen LogP contribution < -0.4 is 16.4 Å². The number of amides is 1. The maximum Gasteiger partial charge on any atom is 0.236 e. The minimum absolute atomic E-state index is 0.0445. The second-order valence-electron chi connectivity index (χ2n) is 3.03. The predicted molar refractivity (Wildman–Crippen MR) is 62.5 cm³/mol. The number of carbonyl (C=O) groups is 1. The van der Waals surface area contributed by atoms with Crippen molar-refractivity contribution >= 4 is 17.7 Å². The molecule has 0 unspecified atom stereocenters. The van der Waals surface area contributed by atoms with Crippen LogP contribution in [0.4, 0.5) is 0 Å². The summed E-state index contributed by atoms with van der Waals surface area (Å²) in [6, 6.07) is -0.357. The molecular formula is C9H21N3OS. The zero-order valence-corrected chi connectivity index (χ0v) is 9.82. The molecule has 4 nitrogen and oxygen atoms in total. The summed E-state index contributed by atoms with van der Waals surface area (Å²) in [7, 11) is 0. The van der Waals surface area contributed by atoms with Crippen molar-refractivity contribution in [3.05, 3.63) is 0 Å². The normalized spacial score (nSPS) is 12.5. The van der Waals surface area contributed by atoms with Gasteiger partial charge in [0.25, 0.3) is 0 Å². The summed E-state index contributed by atoms with van der Waals surface area (Å²) in [4.78, 5) is 11.3. The molecule has 14 heavy (non-hydrogen) atoms. The Labute approximate surface area is 90.4 Å². The molecule has 5 heteroatoms. The highest BCUT2D eigenvalue weighted by molar-refractivity contribution is 7.98. The van der Waals surface area contributed by atoms with E-state index in [-0.39, 0.29) is 11.9 Å². The maximum absolute atomic E-state index is 11.3. The van der Waals surface area contributed by atoms with Crippen molar-refractivity contribution in [2.75, 3.05) is 31.6 Å². The van der Waals surface area contributed by atoms with Crippen molar-refractivity contribution in [3.8, 4) is 0 Å². The lowest BCUT2D eigenvalue weighted by Crippen LogP contribution is -2.43. The molecule has 0 radical (unpaired) electrons. The highest BCUT2D eigenvalue weighted by atomic mass is 32.2. The zero-order valence-electron chi connectivity index (χ0n) is 9.01. The lowest BCUT2D eigenvalue weighted by Gasteiger charge is -2.11. The predicted octanol–water partition coefficient (Wildman–Crippen LogP) is -0.207. The van der Waals surface area contributed by atoms with Crippen LogP contribution in [0, 0.1) is 0 Å². The van der Waals surface area contributed by atoms with Crippen LogP contribution in [0.15, 0.2) is 0 Å². The fraction of sp³-hybridized carbons (Fsp3) is 0.889. The fourth-order valence-corrected chi connectivity index (χ4v) is 1.45. The molecule has 0 aromatic carbocycles. The van der Waals surface area contributed by atoms with E-state index >= 15 is 0 Å². The van der Waals surface area contributed by atoms with E-state index in [0.717, 1.165) is 25.3 Å². The Balaban J connectivity index is 3.42. The van der Waals surface area contributed by atoms with Gasteiger partial charge in [0, 0.05) is 13.1 Å². The number of hydrogen-bond donors (Lipinski definition) is 3. The first-order valence-corrected chi connectivity index (χ1v) is 6.34. The number of thioether (sulfide) groups is 1. The topological polar surface area (TPSA) is 67.1 Å². The smallest absolute Gasteiger partial charge is 0.236 e. The molecule has 0 saturated carbocycles. The van der Waals surface area contributed by atoms with Crippen molar-refractivity contribution in [2.45, 2.75) is 19.4 Å². The van der Waals surface area contributed by atoms with E-state index in [0.29, 0.717) is 6.54 Å². The SMILES string of the molecule is CCNCCNC(=O)[C@@H](N)CCSC. The van der Waals surface area contributed by atoms with Crippen LogP contribution in [-0.2, 0) is 4.79 Å². The lowest BCUT2D eigenvalue weighted by molar-refractivity contribution is -0.122. The molecule has 84 valence electrons. The van der Waals surface area contributed by atoms with E-state index in [1.165, 1.54) is 0 Å². The van der Waals surface area contributed by atoms with Gasteiger partial charge in [-0.2, -0.15) is 11.8 Å². The first kappa shape index (κ1) is 13.7. The van der Waals surface area contributed by atoms with Crippen LogP contribution >= 0.6 is 11.8 Å². The third-order valence-electron chi connectivity index (χ3n) is 1.82. The molecule has 0 bridgehead atoms. The monoisotopic (exact) mass is 219 g/mol. The molecule has 0 heterocycles. The average molecular weight is 219 g/mol. The summed E-state index contributed by atoms with van der Waals surface area (Å²) in [5, 5.41) is 5.92. The Kier molecular flexibility index (Phi) is 9.13. The zero-order chi connectivity index (χ0) is 10.8. The van der Waals surface area contributed by atoms with Crippen molar-refractivity contribution in [1.29, 1.82) is 0 Å². The maximum atomic E-state index is 11.3. The number of carbonyl (C=O) groups excluding carboxylic acids is 1. The van der Waals surface area contributed by atoms with Crippen molar-refractivity contribution in [2.24, 2.45) is 5.73 Å². The van der Waals surface area contributed by atoms with Crippen molar-refractivity contribution in [1.82, 2.24) is 10.6 Å². The van der Waals surface area contributed by atoms with Crippen LogP contribution in [0.25, 0.3) is 0 Å². The largest absolute Gasteiger partial charge is 0.353 e. The van der Waals surface area contributed by atoms with Crippen LogP contribution in [-0.4, -0.2) is 43.6 Å². The number of hydrogen-bond acceptors (Lipinski definition) is 4. The summed E-state index contributed by atoms with van der Waals surface area (Å²) in [6.45, 7) is 4.41. The summed E-state index contributed by atoms with van der Waals surface area (Å²) in [5.41, 5.74) is 5.67. The third-order valence-corrected chi connectivity index (χ3v) is 2.46. The number of nitrogens with two attached hydrogens (primary N) is 1. The minimum Gasteiger partial charge on any atom is -0.353 e. The number of rotatable bonds is 8. The standard InChI is InChI=1S/C9H21N3OS/c1-3-11-5-6-12-9(13)8(10)4-7-14-2/h8,11H,3-7,10H2,1-2H3,(H,12,13)/t8-/m0/s1. The Morgan fingerprint density at radius 3 is 2.79 bits per heavy atom. The van der Waals surface area contributed by atoms with Crippen LogP contribution in [0.3, 0.4) is 0 Å². The molecule has 0 aromatic rings. The Morgan fingerprint density at radius 2 is 2.21 bits per heavy atom. The second-order valence-corrected chi connectivity index (χ2v) is 4.02.